The first kappa shape index (κ1) is 21.1. The normalized spacial score (nSPS) is 34.4. The Kier molecular flexibility index (Phi) is 4.77. The minimum atomic E-state index is -0.238. The number of nitrogens with one attached hydrogen (secondary N) is 2. The quantitative estimate of drug-likeness (QED) is 0.501. The van der Waals surface area contributed by atoms with Crippen LogP contribution >= 0.6 is 0 Å². The topological polar surface area (TPSA) is 66.9 Å². The third kappa shape index (κ3) is 3.81. The number of amides is 1. The molecule has 1 amide bonds. The molecule has 5 fully saturated rings. The third-order valence-corrected chi connectivity index (χ3v) is 9.00. The van der Waals surface area contributed by atoms with E-state index in [1.165, 1.54) is 12.0 Å². The zero-order chi connectivity index (χ0) is 23.5. The molecule has 0 spiro atoms. The maximum atomic E-state index is 13.8. The second-order valence-corrected chi connectivity index (χ2v) is 11.6. The monoisotopic (exact) mass is 464 g/mol. The van der Waals surface area contributed by atoms with Crippen molar-refractivity contribution in [3.8, 4) is 11.3 Å². The molecular formula is C30H32N4O. The van der Waals surface area contributed by atoms with Gasteiger partial charge in [-0.3, -0.25) is 4.79 Å². The molecule has 178 valence electrons. The average molecular weight is 465 g/mol. The third-order valence-electron chi connectivity index (χ3n) is 9.00. The van der Waals surface area contributed by atoms with E-state index in [4.69, 9.17) is 0 Å². The maximum Gasteiger partial charge on any atom is 0.226 e. The SMILES string of the molecule is O=C(N[C@@H]1C[C@H]1c1ccccc1)C12CC3CC(CC(Nc4ccc(-c5ccccc5)nn4)(C3)C1)C2. The lowest BCUT2D eigenvalue weighted by molar-refractivity contribution is -0.147. The zero-order valence-corrected chi connectivity index (χ0v) is 20.0. The molecule has 0 radical (unpaired) electrons. The molecule has 2 aromatic carbocycles. The molecule has 5 saturated carbocycles. The summed E-state index contributed by atoms with van der Waals surface area (Å²) in [6, 6.07) is 25.2. The number of anilines is 1. The fourth-order valence-electron chi connectivity index (χ4n) is 7.85. The Morgan fingerprint density at radius 1 is 0.800 bits per heavy atom. The molecule has 0 saturated heterocycles. The molecule has 35 heavy (non-hydrogen) atoms. The van der Waals surface area contributed by atoms with Gasteiger partial charge >= 0.3 is 0 Å². The Bertz CT molecular complexity index is 1210. The van der Waals surface area contributed by atoms with Crippen molar-refractivity contribution in [2.45, 2.75) is 62.4 Å². The van der Waals surface area contributed by atoms with Gasteiger partial charge in [0.25, 0.3) is 0 Å². The summed E-state index contributed by atoms with van der Waals surface area (Å²) in [6.07, 6.45) is 7.59. The van der Waals surface area contributed by atoms with Crippen LogP contribution in [-0.2, 0) is 4.79 Å². The van der Waals surface area contributed by atoms with Gasteiger partial charge in [0.05, 0.1) is 11.1 Å². The van der Waals surface area contributed by atoms with Gasteiger partial charge in [-0.15, -0.1) is 10.2 Å². The van der Waals surface area contributed by atoms with Gasteiger partial charge in [0, 0.05) is 23.1 Å². The Balaban J connectivity index is 1.08. The van der Waals surface area contributed by atoms with E-state index in [9.17, 15) is 4.79 Å². The number of hydrogen-bond donors (Lipinski definition) is 2. The molecule has 5 nitrogen and oxygen atoms in total. The van der Waals surface area contributed by atoms with Crippen molar-refractivity contribution in [3.63, 3.8) is 0 Å². The first-order valence-corrected chi connectivity index (χ1v) is 13.1. The molecule has 0 aliphatic heterocycles. The lowest BCUT2D eigenvalue weighted by Crippen LogP contribution is -2.63. The summed E-state index contributed by atoms with van der Waals surface area (Å²) in [5, 5.41) is 16.3. The molecule has 4 atom stereocenters. The van der Waals surface area contributed by atoms with Gasteiger partial charge in [0.1, 0.15) is 5.82 Å². The molecular weight excluding hydrogens is 432 g/mol. The lowest BCUT2D eigenvalue weighted by Gasteiger charge is -2.61. The number of hydrogen-bond acceptors (Lipinski definition) is 4. The Morgan fingerprint density at radius 3 is 2.20 bits per heavy atom. The Hall–Kier alpha value is -3.21. The van der Waals surface area contributed by atoms with Crippen LogP contribution in [0.1, 0.15) is 56.4 Å². The van der Waals surface area contributed by atoms with Crippen molar-refractivity contribution in [2.75, 3.05) is 5.32 Å². The number of nitrogens with zero attached hydrogens (tertiary/aromatic N) is 2. The predicted molar refractivity (Wildman–Crippen MR) is 137 cm³/mol. The average Bonchev–Trinajstić information content (AvgIpc) is 3.64. The van der Waals surface area contributed by atoms with Gasteiger partial charge in [0.15, 0.2) is 0 Å². The highest BCUT2D eigenvalue weighted by molar-refractivity contribution is 5.84. The first-order valence-electron chi connectivity index (χ1n) is 13.1. The summed E-state index contributed by atoms with van der Waals surface area (Å²) in [5.74, 6) is 2.84. The van der Waals surface area contributed by atoms with Gasteiger partial charge in [-0.25, -0.2) is 0 Å². The van der Waals surface area contributed by atoms with Crippen molar-refractivity contribution in [1.29, 1.82) is 0 Å². The molecule has 3 aromatic rings. The summed E-state index contributed by atoms with van der Waals surface area (Å²) in [5.41, 5.74) is 3.02. The van der Waals surface area contributed by atoms with Gasteiger partial charge < -0.3 is 10.6 Å². The van der Waals surface area contributed by atoms with Crippen molar-refractivity contribution in [2.24, 2.45) is 17.3 Å². The van der Waals surface area contributed by atoms with E-state index in [1.54, 1.807) is 0 Å². The van der Waals surface area contributed by atoms with Crippen LogP contribution in [0.5, 0.6) is 0 Å². The van der Waals surface area contributed by atoms with Gasteiger partial charge in [0.2, 0.25) is 5.91 Å². The largest absolute Gasteiger partial charge is 0.363 e. The fraction of sp³-hybridized carbons (Fsp3) is 0.433. The molecule has 1 aromatic heterocycles. The molecule has 5 heteroatoms. The van der Waals surface area contributed by atoms with Crippen LogP contribution in [0, 0.1) is 17.3 Å². The van der Waals surface area contributed by atoms with Gasteiger partial charge in [-0.05, 0) is 74.5 Å². The molecule has 5 aliphatic rings. The molecule has 5 aliphatic carbocycles. The Labute approximate surface area is 206 Å². The lowest BCUT2D eigenvalue weighted by atomic mass is 9.46. The molecule has 4 bridgehead atoms. The van der Waals surface area contributed by atoms with Gasteiger partial charge in [-0.1, -0.05) is 60.7 Å². The maximum absolute atomic E-state index is 13.8. The van der Waals surface area contributed by atoms with Crippen molar-refractivity contribution < 1.29 is 4.79 Å². The van der Waals surface area contributed by atoms with Crippen LogP contribution in [0.15, 0.2) is 72.8 Å². The van der Waals surface area contributed by atoms with Crippen LogP contribution in [0.25, 0.3) is 11.3 Å². The van der Waals surface area contributed by atoms with Crippen molar-refractivity contribution in [1.82, 2.24) is 15.5 Å². The summed E-state index contributed by atoms with van der Waals surface area (Å²) in [6.45, 7) is 0. The summed E-state index contributed by atoms with van der Waals surface area (Å²) in [4.78, 5) is 13.8. The summed E-state index contributed by atoms with van der Waals surface area (Å²) >= 11 is 0. The molecule has 2 N–H and O–H groups in total. The number of benzene rings is 2. The first-order chi connectivity index (χ1) is 17.1. The van der Waals surface area contributed by atoms with E-state index in [1.807, 2.05) is 24.3 Å². The number of carbonyl (C=O) groups excluding carboxylic acids is 1. The summed E-state index contributed by atoms with van der Waals surface area (Å²) in [7, 11) is 0. The number of carbonyl (C=O) groups is 1. The fourth-order valence-corrected chi connectivity index (χ4v) is 7.85. The minimum Gasteiger partial charge on any atom is -0.363 e. The van der Waals surface area contributed by atoms with Crippen LogP contribution in [-0.4, -0.2) is 27.7 Å². The van der Waals surface area contributed by atoms with E-state index in [0.717, 1.165) is 55.6 Å². The molecule has 8 rings (SSSR count). The molecule has 2 unspecified atom stereocenters. The van der Waals surface area contributed by atoms with Crippen LogP contribution in [0.4, 0.5) is 5.82 Å². The van der Waals surface area contributed by atoms with Crippen LogP contribution < -0.4 is 10.6 Å². The van der Waals surface area contributed by atoms with E-state index in [2.05, 4.69) is 69.4 Å². The van der Waals surface area contributed by atoms with E-state index >= 15 is 0 Å². The van der Waals surface area contributed by atoms with Crippen LogP contribution in [0.3, 0.4) is 0 Å². The highest BCUT2D eigenvalue weighted by Gasteiger charge is 2.61. The summed E-state index contributed by atoms with van der Waals surface area (Å²) < 4.78 is 0. The molecule has 1 heterocycles. The number of rotatable bonds is 6. The number of aromatic nitrogens is 2. The van der Waals surface area contributed by atoms with Crippen molar-refractivity contribution in [3.05, 3.63) is 78.4 Å². The highest BCUT2D eigenvalue weighted by atomic mass is 16.2. The predicted octanol–water partition coefficient (Wildman–Crippen LogP) is 5.57. The van der Waals surface area contributed by atoms with Crippen molar-refractivity contribution >= 4 is 11.7 Å². The van der Waals surface area contributed by atoms with E-state index in [0.29, 0.717) is 29.7 Å². The van der Waals surface area contributed by atoms with Gasteiger partial charge in [-0.2, -0.15) is 0 Å². The Morgan fingerprint density at radius 2 is 1.51 bits per heavy atom. The van der Waals surface area contributed by atoms with E-state index < -0.39 is 0 Å². The van der Waals surface area contributed by atoms with Crippen LogP contribution in [0.2, 0.25) is 0 Å². The minimum absolute atomic E-state index is 0.0489. The second-order valence-electron chi connectivity index (χ2n) is 11.6. The standard InChI is InChI=1S/C30H32N4O/c35-28(31-26-14-24(26)22-7-3-1-4-8-22)29-15-20-13-21(16-29)18-30(17-20,19-29)32-27-12-11-25(33-34-27)23-9-5-2-6-10-23/h1-12,20-21,24,26H,13-19H2,(H,31,35)(H,32,34)/t20?,21?,24-,26+,29?,30?/m0/s1. The smallest absolute Gasteiger partial charge is 0.226 e. The highest BCUT2D eigenvalue weighted by Crippen LogP contribution is 2.62. The zero-order valence-electron chi connectivity index (χ0n) is 20.0. The second kappa shape index (κ2) is 7.91. The van der Waals surface area contributed by atoms with E-state index in [-0.39, 0.29) is 11.0 Å².